The van der Waals surface area contributed by atoms with Crippen molar-refractivity contribution in [1.29, 1.82) is 5.26 Å². The highest BCUT2D eigenvalue weighted by Gasteiger charge is 2.79. The highest BCUT2D eigenvalue weighted by molar-refractivity contribution is 6.01. The van der Waals surface area contributed by atoms with Crippen LogP contribution in [-0.4, -0.2) is 53.0 Å². The molecule has 0 aliphatic heterocycles. The van der Waals surface area contributed by atoms with Crippen molar-refractivity contribution in [2.75, 3.05) is 6.61 Å². The molecule has 5 rings (SSSR count). The number of nitrogens with zero attached hydrogens (tertiary/aromatic N) is 1. The lowest BCUT2D eigenvalue weighted by Crippen LogP contribution is -2.71. The van der Waals surface area contributed by atoms with Gasteiger partial charge in [0.05, 0.1) is 6.10 Å². The van der Waals surface area contributed by atoms with Gasteiger partial charge in [-0.2, -0.15) is 18.4 Å². The molecule has 42 heavy (non-hydrogen) atoms. The number of aliphatic hydroxyl groups is 1. The number of halogens is 5. The molecule has 1 heterocycles. The number of carbonyl (C=O) groups is 3. The van der Waals surface area contributed by atoms with Crippen LogP contribution in [0.4, 0.5) is 22.0 Å². The number of fused-ring (bicyclic) bond motifs is 5. The van der Waals surface area contributed by atoms with Gasteiger partial charge in [-0.15, -0.1) is 0 Å². The van der Waals surface area contributed by atoms with Crippen LogP contribution >= 0.6 is 0 Å². The number of rotatable bonds is 4. The zero-order chi connectivity index (χ0) is 31.0. The van der Waals surface area contributed by atoms with E-state index in [1.54, 1.807) is 6.07 Å². The van der Waals surface area contributed by atoms with Crippen molar-refractivity contribution in [3.8, 4) is 6.07 Å². The lowest BCUT2D eigenvalue weighted by Gasteiger charge is -2.63. The van der Waals surface area contributed by atoms with Gasteiger partial charge in [-0.25, -0.2) is 18.4 Å². The lowest BCUT2D eigenvalue weighted by molar-refractivity contribution is -0.231. The Bertz CT molecular complexity index is 1440. The van der Waals surface area contributed by atoms with Gasteiger partial charge in [0.15, 0.2) is 18.1 Å². The van der Waals surface area contributed by atoms with E-state index in [0.717, 1.165) is 18.2 Å². The normalized spacial score (nSPS) is 40.7. The summed E-state index contributed by atoms with van der Waals surface area (Å²) in [5, 5.41) is 20.6. The van der Waals surface area contributed by atoms with Crippen molar-refractivity contribution in [2.24, 2.45) is 28.6 Å². The Morgan fingerprint density at radius 2 is 1.90 bits per heavy atom. The number of nitriles is 1. The second-order valence-electron chi connectivity index (χ2n) is 12.0. The SMILES string of the molecule is C[C@@H]1CC2C3C[C@H](F)C4=CC(=O)C=C[C@]4(C)[C@@]3(F)[C@@H](O)C[C@]2(C)[C@@]1(OC(=O)c1ccc(C(F)(F)F)o1)C(=O)OCC#N. The average Bonchev–Trinajstić information content (AvgIpc) is 3.49. The van der Waals surface area contributed by atoms with E-state index in [4.69, 9.17) is 14.7 Å². The molecule has 0 saturated heterocycles. The molecule has 3 saturated carbocycles. The molecule has 226 valence electrons. The second-order valence-corrected chi connectivity index (χ2v) is 12.0. The van der Waals surface area contributed by atoms with Crippen LogP contribution in [0.3, 0.4) is 0 Å². The Morgan fingerprint density at radius 3 is 2.52 bits per heavy atom. The number of esters is 2. The van der Waals surface area contributed by atoms with E-state index in [1.807, 2.05) is 0 Å². The summed E-state index contributed by atoms with van der Waals surface area (Å²) < 4.78 is 88.0. The van der Waals surface area contributed by atoms with Crippen LogP contribution in [0, 0.1) is 39.9 Å². The molecule has 2 unspecified atom stereocenters. The molecule has 9 atom stereocenters. The first-order valence-electron chi connectivity index (χ1n) is 13.4. The first kappa shape index (κ1) is 29.9. The van der Waals surface area contributed by atoms with Gasteiger partial charge in [0, 0.05) is 22.7 Å². The molecule has 3 fully saturated rings. The third-order valence-electron chi connectivity index (χ3n) is 10.1. The van der Waals surface area contributed by atoms with Crippen molar-refractivity contribution < 1.29 is 55.3 Å². The molecule has 0 spiro atoms. The van der Waals surface area contributed by atoms with E-state index >= 15 is 8.78 Å². The maximum Gasteiger partial charge on any atom is 0.449 e. The number of ketones is 1. The molecule has 13 heteroatoms. The van der Waals surface area contributed by atoms with Crippen molar-refractivity contribution in [3.63, 3.8) is 0 Å². The van der Waals surface area contributed by atoms with Crippen LogP contribution in [0.1, 0.15) is 56.3 Å². The van der Waals surface area contributed by atoms with Crippen LogP contribution in [0.25, 0.3) is 0 Å². The summed E-state index contributed by atoms with van der Waals surface area (Å²) in [6.07, 6.45) is -6.13. The zero-order valence-electron chi connectivity index (χ0n) is 22.8. The highest BCUT2D eigenvalue weighted by atomic mass is 19.4. The molecular formula is C29H28F5NO7. The van der Waals surface area contributed by atoms with Crippen LogP contribution < -0.4 is 0 Å². The number of furan rings is 1. The Labute approximate surface area is 237 Å². The fraction of sp³-hybridized carbons (Fsp3) is 0.586. The third kappa shape index (κ3) is 3.83. The van der Waals surface area contributed by atoms with Gasteiger partial charge in [0.1, 0.15) is 12.2 Å². The van der Waals surface area contributed by atoms with Crippen LogP contribution in [-0.2, 0) is 25.2 Å². The van der Waals surface area contributed by atoms with E-state index in [2.05, 4.69) is 4.42 Å². The van der Waals surface area contributed by atoms with Gasteiger partial charge in [-0.3, -0.25) is 4.79 Å². The maximum absolute atomic E-state index is 17.5. The maximum atomic E-state index is 17.5. The van der Waals surface area contributed by atoms with Gasteiger partial charge >= 0.3 is 18.1 Å². The summed E-state index contributed by atoms with van der Waals surface area (Å²) >= 11 is 0. The van der Waals surface area contributed by atoms with Gasteiger partial charge in [0.2, 0.25) is 17.1 Å². The second kappa shape index (κ2) is 9.49. The average molecular weight is 598 g/mol. The largest absolute Gasteiger partial charge is 0.449 e. The molecule has 0 aromatic carbocycles. The van der Waals surface area contributed by atoms with E-state index in [9.17, 15) is 32.7 Å². The molecule has 0 bridgehead atoms. The molecular weight excluding hydrogens is 569 g/mol. The molecule has 0 radical (unpaired) electrons. The predicted octanol–water partition coefficient (Wildman–Crippen LogP) is 4.83. The summed E-state index contributed by atoms with van der Waals surface area (Å²) in [5.74, 6) is -8.65. The first-order chi connectivity index (χ1) is 19.5. The number of carbonyl (C=O) groups excluding carboxylic acids is 3. The van der Waals surface area contributed by atoms with Crippen LogP contribution in [0.5, 0.6) is 0 Å². The first-order valence-corrected chi connectivity index (χ1v) is 13.4. The number of hydrogen-bond donors (Lipinski definition) is 1. The quantitative estimate of drug-likeness (QED) is 0.387. The molecule has 1 N–H and O–H groups in total. The Morgan fingerprint density at radius 1 is 1.21 bits per heavy atom. The van der Waals surface area contributed by atoms with Crippen LogP contribution in [0.15, 0.2) is 40.4 Å². The minimum atomic E-state index is -4.91. The van der Waals surface area contributed by atoms with Gasteiger partial charge in [-0.05, 0) is 62.0 Å². The fourth-order valence-corrected chi connectivity index (χ4v) is 8.22. The summed E-state index contributed by atoms with van der Waals surface area (Å²) in [7, 11) is 0. The number of allylic oxidation sites excluding steroid dienone is 4. The third-order valence-corrected chi connectivity index (χ3v) is 10.1. The van der Waals surface area contributed by atoms with Crippen molar-refractivity contribution in [2.45, 2.75) is 69.8 Å². The van der Waals surface area contributed by atoms with Crippen molar-refractivity contribution in [1.82, 2.24) is 0 Å². The van der Waals surface area contributed by atoms with E-state index in [0.29, 0.717) is 6.07 Å². The number of aliphatic hydroxyl groups excluding tert-OH is 1. The number of hydrogen-bond acceptors (Lipinski definition) is 8. The standard InChI is InChI=1S/C29H28F5NO7/c1-14-10-16-17-12-19(30)18-11-15(36)6-7-25(18,2)27(17,31)21(37)13-26(16,3)28(14,24(39)40-9-8-35)42-23(38)20-4-5-22(41-20)29(32,33)34/h4-7,11,14,16-17,19,21,37H,9-10,12-13H2,1-3H3/t14-,16?,17?,19+,21+,25+,26+,27+,28+/m1/s1. The van der Waals surface area contributed by atoms with E-state index in [1.165, 1.54) is 26.8 Å². The summed E-state index contributed by atoms with van der Waals surface area (Å²) in [4.78, 5) is 39.0. The van der Waals surface area contributed by atoms with E-state index in [-0.39, 0.29) is 12.0 Å². The molecule has 1 aromatic heterocycles. The molecule has 4 aliphatic rings. The molecule has 8 nitrogen and oxygen atoms in total. The van der Waals surface area contributed by atoms with Gasteiger partial charge in [0.25, 0.3) is 0 Å². The monoisotopic (exact) mass is 597 g/mol. The summed E-state index contributed by atoms with van der Waals surface area (Å²) in [6, 6.07) is 2.86. The molecule has 1 aromatic rings. The molecule has 4 aliphatic carbocycles. The van der Waals surface area contributed by atoms with Gasteiger partial charge in [-0.1, -0.05) is 19.9 Å². The van der Waals surface area contributed by atoms with E-state index < -0.39 is 107 Å². The number of alkyl halides is 5. The smallest absolute Gasteiger partial charge is 0.447 e. The minimum absolute atomic E-state index is 0.0229. The van der Waals surface area contributed by atoms with Crippen molar-refractivity contribution in [3.05, 3.63) is 47.5 Å². The Hall–Kier alpha value is -3.53. The summed E-state index contributed by atoms with van der Waals surface area (Å²) in [5.41, 5.74) is -8.26. The summed E-state index contributed by atoms with van der Waals surface area (Å²) in [6.45, 7) is 3.58. The highest BCUT2D eigenvalue weighted by Crippen LogP contribution is 2.71. The fourth-order valence-electron chi connectivity index (χ4n) is 8.22. The minimum Gasteiger partial charge on any atom is -0.447 e. The van der Waals surface area contributed by atoms with Crippen LogP contribution in [0.2, 0.25) is 0 Å². The number of ether oxygens (including phenoxy) is 2. The Balaban J connectivity index is 1.61. The Kier molecular flexibility index (Phi) is 6.77. The topological polar surface area (TPSA) is 127 Å². The predicted molar refractivity (Wildman–Crippen MR) is 132 cm³/mol. The molecule has 0 amide bonds. The van der Waals surface area contributed by atoms with Crippen molar-refractivity contribution >= 4 is 17.7 Å². The zero-order valence-corrected chi connectivity index (χ0v) is 22.8. The lowest BCUT2D eigenvalue weighted by atomic mass is 9.44. The van der Waals surface area contributed by atoms with Gasteiger partial charge < -0.3 is 19.0 Å².